The standard InChI is InChI=1S/C13H17N5OS/c1-2-8-18-12(10-3-6-15-7-4-10)16-17-13(18)20-9-5-11(14)19/h3-4,6-7H,2,5,8-9H2,1H3,(H2,14,19). The van der Waals surface area contributed by atoms with Crippen molar-refractivity contribution in [3.63, 3.8) is 0 Å². The van der Waals surface area contributed by atoms with Crippen molar-refractivity contribution in [3.05, 3.63) is 24.5 Å². The first-order valence-electron chi connectivity index (χ1n) is 6.47. The molecule has 0 aromatic carbocycles. The van der Waals surface area contributed by atoms with Crippen LogP contribution in [0.3, 0.4) is 0 Å². The van der Waals surface area contributed by atoms with Crippen LogP contribution in [-0.4, -0.2) is 31.4 Å². The molecule has 2 N–H and O–H groups in total. The molecule has 0 aliphatic heterocycles. The van der Waals surface area contributed by atoms with Crippen molar-refractivity contribution in [1.82, 2.24) is 19.7 Å². The summed E-state index contributed by atoms with van der Waals surface area (Å²) in [4.78, 5) is 14.8. The second-order valence-corrected chi connectivity index (χ2v) is 5.32. The number of nitrogens with two attached hydrogens (primary N) is 1. The molecule has 0 radical (unpaired) electrons. The summed E-state index contributed by atoms with van der Waals surface area (Å²) in [5.41, 5.74) is 6.14. The fraction of sp³-hybridized carbons (Fsp3) is 0.385. The number of hydrogen-bond donors (Lipinski definition) is 1. The summed E-state index contributed by atoms with van der Waals surface area (Å²) in [6.07, 6.45) is 4.80. The molecule has 7 heteroatoms. The SMILES string of the molecule is CCCn1c(SCCC(N)=O)nnc1-c1ccncc1. The molecule has 0 saturated carbocycles. The number of pyridine rings is 1. The zero-order chi connectivity index (χ0) is 14.4. The van der Waals surface area contributed by atoms with Gasteiger partial charge in [0.15, 0.2) is 11.0 Å². The lowest BCUT2D eigenvalue weighted by atomic mass is 10.2. The van der Waals surface area contributed by atoms with Crippen molar-refractivity contribution < 1.29 is 4.79 Å². The van der Waals surface area contributed by atoms with E-state index in [4.69, 9.17) is 5.73 Å². The number of hydrogen-bond acceptors (Lipinski definition) is 5. The van der Waals surface area contributed by atoms with Gasteiger partial charge in [-0.25, -0.2) is 0 Å². The van der Waals surface area contributed by atoms with E-state index in [1.54, 1.807) is 12.4 Å². The van der Waals surface area contributed by atoms with Gasteiger partial charge >= 0.3 is 0 Å². The van der Waals surface area contributed by atoms with E-state index in [-0.39, 0.29) is 5.91 Å². The third-order valence-electron chi connectivity index (χ3n) is 2.68. The quantitative estimate of drug-likeness (QED) is 0.785. The number of rotatable bonds is 7. The summed E-state index contributed by atoms with van der Waals surface area (Å²) in [7, 11) is 0. The molecule has 0 aliphatic rings. The first-order chi connectivity index (χ1) is 9.72. The summed E-state index contributed by atoms with van der Waals surface area (Å²) >= 11 is 1.50. The van der Waals surface area contributed by atoms with Crippen molar-refractivity contribution in [3.8, 4) is 11.4 Å². The van der Waals surface area contributed by atoms with Gasteiger partial charge in [-0.15, -0.1) is 10.2 Å². The molecular formula is C13H17N5OS. The zero-order valence-electron chi connectivity index (χ0n) is 11.3. The van der Waals surface area contributed by atoms with Crippen LogP contribution in [0.2, 0.25) is 0 Å². The van der Waals surface area contributed by atoms with Crippen molar-refractivity contribution in [1.29, 1.82) is 0 Å². The average molecular weight is 291 g/mol. The highest BCUT2D eigenvalue weighted by Gasteiger charge is 2.13. The van der Waals surface area contributed by atoms with Crippen LogP contribution in [0.4, 0.5) is 0 Å². The predicted octanol–water partition coefficient (Wildman–Crippen LogP) is 1.72. The zero-order valence-corrected chi connectivity index (χ0v) is 12.1. The molecule has 0 bridgehead atoms. The Morgan fingerprint density at radius 2 is 2.10 bits per heavy atom. The molecule has 2 aromatic rings. The fourth-order valence-electron chi connectivity index (χ4n) is 1.78. The van der Waals surface area contributed by atoms with E-state index in [0.29, 0.717) is 12.2 Å². The van der Waals surface area contributed by atoms with Crippen molar-refractivity contribution in [2.45, 2.75) is 31.5 Å². The lowest BCUT2D eigenvalue weighted by Crippen LogP contribution is -2.11. The van der Waals surface area contributed by atoms with Crippen LogP contribution in [0.15, 0.2) is 29.7 Å². The summed E-state index contributed by atoms with van der Waals surface area (Å²) in [6, 6.07) is 3.82. The summed E-state index contributed by atoms with van der Waals surface area (Å²) in [5.74, 6) is 1.15. The predicted molar refractivity (Wildman–Crippen MR) is 78.1 cm³/mol. The number of thioether (sulfide) groups is 1. The topological polar surface area (TPSA) is 86.7 Å². The Kier molecular flexibility index (Phi) is 5.11. The molecule has 0 spiro atoms. The van der Waals surface area contributed by atoms with Crippen LogP contribution in [0.5, 0.6) is 0 Å². The summed E-state index contributed by atoms with van der Waals surface area (Å²) in [6.45, 7) is 2.94. The van der Waals surface area contributed by atoms with E-state index in [9.17, 15) is 4.79 Å². The molecule has 2 heterocycles. The molecule has 0 aliphatic carbocycles. The number of aromatic nitrogens is 4. The maximum absolute atomic E-state index is 10.8. The third kappa shape index (κ3) is 3.57. The van der Waals surface area contributed by atoms with E-state index < -0.39 is 0 Å². The molecule has 0 saturated heterocycles. The van der Waals surface area contributed by atoms with E-state index >= 15 is 0 Å². The lowest BCUT2D eigenvalue weighted by molar-refractivity contribution is -0.117. The molecule has 6 nitrogen and oxygen atoms in total. The highest BCUT2D eigenvalue weighted by atomic mass is 32.2. The van der Waals surface area contributed by atoms with E-state index in [1.165, 1.54) is 11.8 Å². The van der Waals surface area contributed by atoms with Crippen LogP contribution in [-0.2, 0) is 11.3 Å². The molecule has 1 amide bonds. The van der Waals surface area contributed by atoms with Crippen LogP contribution in [0.25, 0.3) is 11.4 Å². The molecule has 20 heavy (non-hydrogen) atoms. The van der Waals surface area contributed by atoms with Crippen LogP contribution >= 0.6 is 11.8 Å². The van der Waals surface area contributed by atoms with E-state index in [2.05, 4.69) is 26.7 Å². The van der Waals surface area contributed by atoms with Gasteiger partial charge in [0.1, 0.15) is 0 Å². The Balaban J connectivity index is 2.21. The van der Waals surface area contributed by atoms with Crippen molar-refractivity contribution in [2.75, 3.05) is 5.75 Å². The number of nitrogens with zero attached hydrogens (tertiary/aromatic N) is 4. The maximum Gasteiger partial charge on any atom is 0.218 e. The van der Waals surface area contributed by atoms with Gasteiger partial charge < -0.3 is 10.3 Å². The van der Waals surface area contributed by atoms with Crippen molar-refractivity contribution >= 4 is 17.7 Å². The average Bonchev–Trinajstić information content (AvgIpc) is 2.83. The minimum atomic E-state index is -0.298. The van der Waals surface area contributed by atoms with Gasteiger partial charge in [0.05, 0.1) is 0 Å². The van der Waals surface area contributed by atoms with Gasteiger partial charge in [0.2, 0.25) is 5.91 Å². The molecule has 0 atom stereocenters. The van der Waals surface area contributed by atoms with E-state index in [0.717, 1.165) is 29.5 Å². The smallest absolute Gasteiger partial charge is 0.218 e. The largest absolute Gasteiger partial charge is 0.370 e. The first-order valence-corrected chi connectivity index (χ1v) is 7.45. The Bertz CT molecular complexity index is 569. The number of carbonyl (C=O) groups excluding carboxylic acids is 1. The van der Waals surface area contributed by atoms with Crippen LogP contribution < -0.4 is 5.73 Å². The molecular weight excluding hydrogens is 274 g/mol. The normalized spacial score (nSPS) is 10.7. The van der Waals surface area contributed by atoms with Crippen LogP contribution in [0, 0.1) is 0 Å². The third-order valence-corrected chi connectivity index (χ3v) is 3.65. The first kappa shape index (κ1) is 14.5. The van der Waals surface area contributed by atoms with Gasteiger partial charge in [-0.1, -0.05) is 18.7 Å². The van der Waals surface area contributed by atoms with Gasteiger partial charge in [-0.05, 0) is 18.6 Å². The number of amides is 1. The van der Waals surface area contributed by atoms with E-state index in [1.807, 2.05) is 12.1 Å². The lowest BCUT2D eigenvalue weighted by Gasteiger charge is -2.08. The van der Waals surface area contributed by atoms with Crippen molar-refractivity contribution in [2.24, 2.45) is 5.73 Å². The summed E-state index contributed by atoms with van der Waals surface area (Å²) < 4.78 is 2.07. The monoisotopic (exact) mass is 291 g/mol. The fourth-order valence-corrected chi connectivity index (χ4v) is 2.70. The number of primary amides is 1. The highest BCUT2D eigenvalue weighted by Crippen LogP contribution is 2.24. The van der Waals surface area contributed by atoms with Gasteiger partial charge in [-0.3, -0.25) is 9.78 Å². The Hall–Kier alpha value is -1.89. The Morgan fingerprint density at radius 3 is 2.75 bits per heavy atom. The second kappa shape index (κ2) is 7.04. The second-order valence-electron chi connectivity index (χ2n) is 4.26. The molecule has 0 unspecified atom stereocenters. The van der Waals surface area contributed by atoms with Crippen LogP contribution in [0.1, 0.15) is 19.8 Å². The Morgan fingerprint density at radius 1 is 1.35 bits per heavy atom. The highest BCUT2D eigenvalue weighted by molar-refractivity contribution is 7.99. The Labute approximate surface area is 121 Å². The molecule has 0 fully saturated rings. The molecule has 2 aromatic heterocycles. The molecule has 2 rings (SSSR count). The number of carbonyl (C=O) groups is 1. The minimum Gasteiger partial charge on any atom is -0.370 e. The maximum atomic E-state index is 10.8. The minimum absolute atomic E-state index is 0.298. The van der Waals surface area contributed by atoms with Gasteiger partial charge in [0.25, 0.3) is 0 Å². The van der Waals surface area contributed by atoms with Gasteiger partial charge in [0, 0.05) is 36.7 Å². The van der Waals surface area contributed by atoms with Gasteiger partial charge in [-0.2, -0.15) is 0 Å². The molecule has 106 valence electrons. The summed E-state index contributed by atoms with van der Waals surface area (Å²) in [5, 5.41) is 9.28.